The van der Waals surface area contributed by atoms with Gasteiger partial charge in [-0.25, -0.2) is 4.39 Å². The quantitative estimate of drug-likeness (QED) is 0.896. The van der Waals surface area contributed by atoms with Crippen LogP contribution in [-0.4, -0.2) is 45.2 Å². The molecule has 0 radical (unpaired) electrons. The molecule has 3 nitrogen and oxygen atoms in total. The van der Waals surface area contributed by atoms with E-state index in [4.69, 9.17) is 5.73 Å². The smallest absolute Gasteiger partial charge is 0.125 e. The maximum absolute atomic E-state index is 13.7. The largest absolute Gasteiger partial charge is 0.371 e. The topological polar surface area (TPSA) is 32.5 Å². The molecule has 1 heterocycles. The summed E-state index contributed by atoms with van der Waals surface area (Å²) < 4.78 is 13.7. The minimum Gasteiger partial charge on any atom is -0.371 e. The lowest BCUT2D eigenvalue weighted by atomic mass is 9.96. The normalized spacial score (nSPS) is 16.9. The summed E-state index contributed by atoms with van der Waals surface area (Å²) in [6.07, 6.45) is 3.10. The summed E-state index contributed by atoms with van der Waals surface area (Å²) in [5.74, 6) is 0.611. The van der Waals surface area contributed by atoms with Gasteiger partial charge in [0, 0.05) is 25.3 Å². The van der Waals surface area contributed by atoms with Crippen LogP contribution < -0.4 is 10.6 Å². The van der Waals surface area contributed by atoms with Gasteiger partial charge < -0.3 is 15.5 Å². The van der Waals surface area contributed by atoms with Gasteiger partial charge in [-0.05, 0) is 69.6 Å². The summed E-state index contributed by atoms with van der Waals surface area (Å²) in [5.41, 5.74) is 7.57. The molecule has 1 aromatic carbocycles. The lowest BCUT2D eigenvalue weighted by molar-refractivity contribution is 0.285. The number of nitrogens with zero attached hydrogens (tertiary/aromatic N) is 2. The highest BCUT2D eigenvalue weighted by atomic mass is 19.1. The number of hydrogen-bond donors (Lipinski definition) is 1. The van der Waals surface area contributed by atoms with Gasteiger partial charge in [-0.2, -0.15) is 0 Å². The second-order valence-electron chi connectivity index (χ2n) is 6.05. The van der Waals surface area contributed by atoms with E-state index in [-0.39, 0.29) is 5.82 Å². The van der Waals surface area contributed by atoms with Crippen LogP contribution in [0.15, 0.2) is 18.2 Å². The molecule has 1 aromatic rings. The third-order valence-corrected chi connectivity index (χ3v) is 3.98. The molecular weight excluding hydrogens is 253 g/mol. The Labute approximate surface area is 121 Å². The van der Waals surface area contributed by atoms with Crippen molar-refractivity contribution in [1.29, 1.82) is 0 Å². The van der Waals surface area contributed by atoms with Crippen molar-refractivity contribution in [3.8, 4) is 0 Å². The van der Waals surface area contributed by atoms with E-state index in [1.807, 2.05) is 0 Å². The third-order valence-electron chi connectivity index (χ3n) is 3.98. The molecule has 0 atom stereocenters. The van der Waals surface area contributed by atoms with Crippen LogP contribution in [0.2, 0.25) is 0 Å². The van der Waals surface area contributed by atoms with Crippen LogP contribution in [0.5, 0.6) is 0 Å². The van der Waals surface area contributed by atoms with Crippen LogP contribution >= 0.6 is 0 Å². The van der Waals surface area contributed by atoms with E-state index in [1.165, 1.54) is 12.8 Å². The second kappa shape index (κ2) is 7.04. The first-order valence-electron chi connectivity index (χ1n) is 7.47. The van der Waals surface area contributed by atoms with Crippen molar-refractivity contribution >= 4 is 5.69 Å². The van der Waals surface area contributed by atoms with Crippen molar-refractivity contribution in [3.05, 3.63) is 29.6 Å². The molecule has 112 valence electrons. The second-order valence-corrected chi connectivity index (χ2v) is 6.05. The number of rotatable bonds is 5. The van der Waals surface area contributed by atoms with Crippen molar-refractivity contribution in [2.45, 2.75) is 19.3 Å². The standard InChI is InChI=1S/C16H26FN3/c1-19(2)12-13-4-7-20(8-5-13)16-10-14(3-6-18)9-15(17)11-16/h9-11,13H,3-8,12,18H2,1-2H3. The molecule has 0 saturated carbocycles. The van der Waals surface area contributed by atoms with E-state index in [2.05, 4.69) is 30.0 Å². The summed E-state index contributed by atoms with van der Waals surface area (Å²) >= 11 is 0. The van der Waals surface area contributed by atoms with Gasteiger partial charge in [0.15, 0.2) is 0 Å². The van der Waals surface area contributed by atoms with Gasteiger partial charge in [0.05, 0.1) is 0 Å². The fourth-order valence-corrected chi connectivity index (χ4v) is 3.02. The molecular formula is C16H26FN3. The van der Waals surface area contributed by atoms with Gasteiger partial charge in [-0.1, -0.05) is 0 Å². The molecule has 1 aliphatic rings. The summed E-state index contributed by atoms with van der Waals surface area (Å²) in [5, 5.41) is 0. The molecule has 0 aliphatic carbocycles. The zero-order chi connectivity index (χ0) is 14.5. The number of hydrogen-bond acceptors (Lipinski definition) is 3. The lowest BCUT2D eigenvalue weighted by Crippen LogP contribution is -2.37. The Morgan fingerprint density at radius 1 is 1.25 bits per heavy atom. The van der Waals surface area contributed by atoms with Gasteiger partial charge in [-0.15, -0.1) is 0 Å². The summed E-state index contributed by atoms with van der Waals surface area (Å²) in [7, 11) is 4.25. The Morgan fingerprint density at radius 2 is 1.95 bits per heavy atom. The van der Waals surface area contributed by atoms with Crippen molar-refractivity contribution in [1.82, 2.24) is 4.90 Å². The molecule has 2 rings (SSSR count). The molecule has 0 aromatic heterocycles. The molecule has 0 bridgehead atoms. The van der Waals surface area contributed by atoms with E-state index >= 15 is 0 Å². The van der Waals surface area contributed by atoms with Crippen molar-refractivity contribution in [2.75, 3.05) is 45.2 Å². The van der Waals surface area contributed by atoms with Gasteiger partial charge >= 0.3 is 0 Å². The third kappa shape index (κ3) is 4.18. The van der Waals surface area contributed by atoms with E-state index < -0.39 is 0 Å². The molecule has 2 N–H and O–H groups in total. The molecule has 4 heteroatoms. The number of nitrogens with two attached hydrogens (primary N) is 1. The number of piperidine rings is 1. The Bertz CT molecular complexity index is 426. The van der Waals surface area contributed by atoms with Crippen molar-refractivity contribution in [3.63, 3.8) is 0 Å². The van der Waals surface area contributed by atoms with Crippen molar-refractivity contribution < 1.29 is 4.39 Å². The summed E-state index contributed by atoms with van der Waals surface area (Å²) in [4.78, 5) is 4.55. The van der Waals surface area contributed by atoms with E-state index in [0.29, 0.717) is 6.54 Å². The van der Waals surface area contributed by atoms with Gasteiger partial charge in [0.25, 0.3) is 0 Å². The van der Waals surface area contributed by atoms with E-state index in [0.717, 1.165) is 43.2 Å². The Morgan fingerprint density at radius 3 is 2.55 bits per heavy atom. The highest BCUT2D eigenvalue weighted by Gasteiger charge is 2.20. The monoisotopic (exact) mass is 279 g/mol. The lowest BCUT2D eigenvalue weighted by Gasteiger charge is -2.35. The Balaban J connectivity index is 1.99. The molecule has 1 fully saturated rings. The van der Waals surface area contributed by atoms with Gasteiger partial charge in [-0.3, -0.25) is 0 Å². The SMILES string of the molecule is CN(C)CC1CCN(c2cc(F)cc(CCN)c2)CC1. The maximum Gasteiger partial charge on any atom is 0.125 e. The number of benzene rings is 1. The van der Waals surface area contributed by atoms with Gasteiger partial charge in [0.2, 0.25) is 0 Å². The fraction of sp³-hybridized carbons (Fsp3) is 0.625. The molecule has 0 unspecified atom stereocenters. The number of anilines is 1. The van der Waals surface area contributed by atoms with Crippen LogP contribution in [0.25, 0.3) is 0 Å². The van der Waals surface area contributed by atoms with E-state index in [1.54, 1.807) is 12.1 Å². The highest BCUT2D eigenvalue weighted by Crippen LogP contribution is 2.25. The average molecular weight is 279 g/mol. The molecule has 20 heavy (non-hydrogen) atoms. The minimum absolute atomic E-state index is 0.152. The first-order chi connectivity index (χ1) is 9.58. The summed E-state index contributed by atoms with van der Waals surface area (Å²) in [6.45, 7) is 3.75. The minimum atomic E-state index is -0.152. The summed E-state index contributed by atoms with van der Waals surface area (Å²) in [6, 6.07) is 5.32. The zero-order valence-corrected chi connectivity index (χ0v) is 12.6. The molecule has 1 aliphatic heterocycles. The van der Waals surface area contributed by atoms with Crippen LogP contribution in [0.4, 0.5) is 10.1 Å². The molecule has 0 amide bonds. The maximum atomic E-state index is 13.7. The molecule has 0 spiro atoms. The van der Waals surface area contributed by atoms with Crippen LogP contribution in [-0.2, 0) is 6.42 Å². The van der Waals surface area contributed by atoms with E-state index in [9.17, 15) is 4.39 Å². The average Bonchev–Trinajstić information content (AvgIpc) is 2.38. The first kappa shape index (κ1) is 15.3. The van der Waals surface area contributed by atoms with Crippen LogP contribution in [0.1, 0.15) is 18.4 Å². The Hall–Kier alpha value is -1.13. The fourth-order valence-electron chi connectivity index (χ4n) is 3.02. The van der Waals surface area contributed by atoms with Crippen LogP contribution in [0, 0.1) is 11.7 Å². The first-order valence-corrected chi connectivity index (χ1v) is 7.47. The highest BCUT2D eigenvalue weighted by molar-refractivity contribution is 5.49. The van der Waals surface area contributed by atoms with Gasteiger partial charge in [0.1, 0.15) is 5.82 Å². The predicted octanol–water partition coefficient (Wildman–Crippen LogP) is 2.10. The van der Waals surface area contributed by atoms with Crippen LogP contribution in [0.3, 0.4) is 0 Å². The number of halogens is 1. The zero-order valence-electron chi connectivity index (χ0n) is 12.6. The Kier molecular flexibility index (Phi) is 5.38. The van der Waals surface area contributed by atoms with Crippen molar-refractivity contribution in [2.24, 2.45) is 11.7 Å². The predicted molar refractivity (Wildman–Crippen MR) is 82.6 cm³/mol. The molecule has 1 saturated heterocycles.